The van der Waals surface area contributed by atoms with Crippen LogP contribution in [0.25, 0.3) is 22.7 Å². The first kappa shape index (κ1) is 25.9. The van der Waals surface area contributed by atoms with Gasteiger partial charge in [0.1, 0.15) is 11.5 Å². The van der Waals surface area contributed by atoms with Crippen molar-refractivity contribution in [1.29, 1.82) is 0 Å². The van der Waals surface area contributed by atoms with Crippen molar-refractivity contribution in [1.82, 2.24) is 15.3 Å². The summed E-state index contributed by atoms with van der Waals surface area (Å²) in [5, 5.41) is 9.57. The lowest BCUT2D eigenvalue weighted by molar-refractivity contribution is 0.0244. The van der Waals surface area contributed by atoms with Crippen molar-refractivity contribution < 1.29 is 23.3 Å². The monoisotopic (exact) mass is 568 g/mol. The molecule has 1 saturated carbocycles. The smallest absolute Gasteiger partial charge is 0.337 e. The first-order valence-electron chi connectivity index (χ1n) is 12.8. The third kappa shape index (κ3) is 5.39. The van der Waals surface area contributed by atoms with E-state index in [2.05, 4.69) is 20.2 Å². The molecule has 0 atom stereocenters. The molecule has 3 heterocycles. The summed E-state index contributed by atoms with van der Waals surface area (Å²) in [5.41, 5.74) is 3.33. The van der Waals surface area contributed by atoms with Crippen molar-refractivity contribution in [3.05, 3.63) is 69.4 Å². The minimum Gasteiger partial charge on any atom is -0.465 e. The summed E-state index contributed by atoms with van der Waals surface area (Å²) in [6.07, 6.45) is 3.81. The standard InChI is InChI=1S/C28H26Cl2N4O5/c1-36-27(35)18-5-2-4-17(14-18)26-31-28(33-39-26)34-12-10-19(11-13-34)37-15-20-24(32-38-25(20)16-8-9-16)23-21(29)6-3-7-22(23)30/h2-7,14,16,19H,8-13,15H2,1H3. The van der Waals surface area contributed by atoms with E-state index in [-0.39, 0.29) is 6.10 Å². The largest absolute Gasteiger partial charge is 0.465 e. The fourth-order valence-electron chi connectivity index (χ4n) is 4.83. The fraction of sp³-hybridized carbons (Fsp3) is 0.357. The topological polar surface area (TPSA) is 104 Å². The third-order valence-electron chi connectivity index (χ3n) is 7.10. The molecule has 2 aromatic carbocycles. The minimum atomic E-state index is -0.420. The Balaban J connectivity index is 1.11. The van der Waals surface area contributed by atoms with Gasteiger partial charge in [-0.25, -0.2) is 4.79 Å². The Hall–Kier alpha value is -3.40. The molecule has 0 radical (unpaired) electrons. The second-order valence-electron chi connectivity index (χ2n) is 9.71. The molecule has 0 bridgehead atoms. The molecule has 6 rings (SSSR count). The summed E-state index contributed by atoms with van der Waals surface area (Å²) < 4.78 is 22.4. The molecule has 9 nitrogen and oxygen atoms in total. The van der Waals surface area contributed by atoms with E-state index in [0.717, 1.165) is 37.0 Å². The van der Waals surface area contributed by atoms with Crippen LogP contribution in [0.15, 0.2) is 51.5 Å². The van der Waals surface area contributed by atoms with Crippen LogP contribution < -0.4 is 4.90 Å². The number of carbonyl (C=O) groups is 1. The highest BCUT2D eigenvalue weighted by molar-refractivity contribution is 6.39. The lowest BCUT2D eigenvalue weighted by Crippen LogP contribution is -2.37. The predicted octanol–water partition coefficient (Wildman–Crippen LogP) is 6.55. The second-order valence-corrected chi connectivity index (χ2v) is 10.5. The lowest BCUT2D eigenvalue weighted by Gasteiger charge is -2.30. The highest BCUT2D eigenvalue weighted by Gasteiger charge is 2.34. The van der Waals surface area contributed by atoms with E-state index in [1.807, 2.05) is 12.1 Å². The number of hydrogen-bond acceptors (Lipinski definition) is 9. The van der Waals surface area contributed by atoms with E-state index in [1.54, 1.807) is 30.3 Å². The van der Waals surface area contributed by atoms with E-state index in [4.69, 9.17) is 41.7 Å². The minimum absolute atomic E-state index is 0.0564. The molecule has 0 unspecified atom stereocenters. The highest BCUT2D eigenvalue weighted by Crippen LogP contribution is 2.46. The fourth-order valence-corrected chi connectivity index (χ4v) is 5.41. The molecule has 1 saturated heterocycles. The van der Waals surface area contributed by atoms with E-state index < -0.39 is 5.97 Å². The van der Waals surface area contributed by atoms with E-state index in [0.29, 0.717) is 69.9 Å². The molecular weight excluding hydrogens is 543 g/mol. The molecule has 4 aromatic rings. The van der Waals surface area contributed by atoms with Gasteiger partial charge in [-0.05, 0) is 61.2 Å². The normalized spacial score (nSPS) is 16.0. The zero-order chi connectivity index (χ0) is 26.9. The molecule has 1 aliphatic carbocycles. The number of carbonyl (C=O) groups excluding carboxylic acids is 1. The van der Waals surface area contributed by atoms with E-state index in [1.165, 1.54) is 7.11 Å². The molecule has 39 heavy (non-hydrogen) atoms. The maximum Gasteiger partial charge on any atom is 0.337 e. The predicted molar refractivity (Wildman–Crippen MR) is 145 cm³/mol. The third-order valence-corrected chi connectivity index (χ3v) is 7.73. The van der Waals surface area contributed by atoms with Crippen LogP contribution in [-0.2, 0) is 16.1 Å². The van der Waals surface area contributed by atoms with Crippen molar-refractivity contribution >= 4 is 35.1 Å². The molecule has 2 fully saturated rings. The molecule has 2 aromatic heterocycles. The number of hydrogen-bond donors (Lipinski definition) is 0. The number of rotatable bonds is 8. The zero-order valence-corrected chi connectivity index (χ0v) is 22.7. The van der Waals surface area contributed by atoms with E-state index >= 15 is 0 Å². The van der Waals surface area contributed by atoms with Crippen LogP contribution in [0.1, 0.15) is 53.3 Å². The average molecular weight is 569 g/mol. The van der Waals surface area contributed by atoms with Gasteiger partial charge < -0.3 is 23.4 Å². The number of methoxy groups -OCH3 is 1. The van der Waals surface area contributed by atoms with E-state index in [9.17, 15) is 4.79 Å². The Morgan fingerprint density at radius 2 is 1.77 bits per heavy atom. The Labute approximate surface area is 235 Å². The number of esters is 1. The maximum atomic E-state index is 11.9. The van der Waals surface area contributed by atoms with Gasteiger partial charge in [-0.1, -0.05) is 40.5 Å². The summed E-state index contributed by atoms with van der Waals surface area (Å²) in [6, 6.07) is 12.3. The molecule has 0 N–H and O–H groups in total. The van der Waals surface area contributed by atoms with Gasteiger partial charge in [-0.3, -0.25) is 0 Å². The Morgan fingerprint density at radius 1 is 1.03 bits per heavy atom. The van der Waals surface area contributed by atoms with Gasteiger partial charge in [0, 0.05) is 35.7 Å². The number of halogens is 2. The Morgan fingerprint density at radius 3 is 2.49 bits per heavy atom. The van der Waals surface area contributed by atoms with Gasteiger partial charge in [-0.2, -0.15) is 4.98 Å². The molecule has 11 heteroatoms. The molecule has 202 valence electrons. The number of piperidine rings is 1. The van der Waals surface area contributed by atoms with Crippen LogP contribution in [-0.4, -0.2) is 47.6 Å². The van der Waals surface area contributed by atoms with Gasteiger partial charge in [0.15, 0.2) is 0 Å². The molecule has 1 aliphatic heterocycles. The summed E-state index contributed by atoms with van der Waals surface area (Å²) in [4.78, 5) is 18.5. The summed E-state index contributed by atoms with van der Waals surface area (Å²) in [6.45, 7) is 1.81. The molecule has 2 aliphatic rings. The van der Waals surface area contributed by atoms with Crippen LogP contribution >= 0.6 is 23.2 Å². The maximum absolute atomic E-state index is 11.9. The lowest BCUT2D eigenvalue weighted by atomic mass is 10.0. The Kier molecular flexibility index (Phi) is 7.29. The quantitative estimate of drug-likeness (QED) is 0.219. The summed E-state index contributed by atoms with van der Waals surface area (Å²) in [7, 11) is 1.35. The van der Waals surface area contributed by atoms with Crippen LogP contribution in [0.5, 0.6) is 0 Å². The SMILES string of the molecule is COC(=O)c1cccc(-c2nc(N3CCC(OCc4c(-c5c(Cl)cccc5Cl)noc4C4CC4)CC3)no2)c1. The van der Waals surface area contributed by atoms with Crippen molar-refractivity contribution in [3.8, 4) is 22.7 Å². The first-order chi connectivity index (χ1) is 19.0. The number of ether oxygens (including phenoxy) is 2. The van der Waals surface area contributed by atoms with Gasteiger partial charge in [-0.15, -0.1) is 0 Å². The van der Waals surface area contributed by atoms with Gasteiger partial charge in [0.2, 0.25) is 0 Å². The average Bonchev–Trinajstić information content (AvgIpc) is 3.53. The number of anilines is 1. The van der Waals surface area contributed by atoms with Gasteiger partial charge >= 0.3 is 5.97 Å². The highest BCUT2D eigenvalue weighted by atomic mass is 35.5. The van der Waals surface area contributed by atoms with Crippen molar-refractivity contribution in [2.45, 2.75) is 44.3 Å². The number of aromatic nitrogens is 3. The van der Waals surface area contributed by atoms with Crippen LogP contribution in [0.3, 0.4) is 0 Å². The van der Waals surface area contributed by atoms with Crippen LogP contribution in [0, 0.1) is 0 Å². The molecule has 0 amide bonds. The van der Waals surface area contributed by atoms with Crippen LogP contribution in [0.4, 0.5) is 5.95 Å². The summed E-state index contributed by atoms with van der Waals surface area (Å²) >= 11 is 13.0. The van der Waals surface area contributed by atoms with Gasteiger partial charge in [0.05, 0.1) is 35.4 Å². The van der Waals surface area contributed by atoms with Gasteiger partial charge in [0.25, 0.3) is 11.8 Å². The molecule has 0 spiro atoms. The molecular formula is C28H26Cl2N4O5. The first-order valence-corrected chi connectivity index (χ1v) is 13.6. The van der Waals surface area contributed by atoms with Crippen molar-refractivity contribution in [2.24, 2.45) is 0 Å². The summed E-state index contributed by atoms with van der Waals surface area (Å²) in [5.74, 6) is 1.68. The van der Waals surface area contributed by atoms with Crippen LogP contribution in [0.2, 0.25) is 10.0 Å². The van der Waals surface area contributed by atoms with Crippen molar-refractivity contribution in [2.75, 3.05) is 25.1 Å². The number of benzene rings is 2. The number of nitrogens with zero attached hydrogens (tertiary/aromatic N) is 4. The Bertz CT molecular complexity index is 1470. The second kappa shape index (κ2) is 11.0. The van der Waals surface area contributed by atoms with Crippen molar-refractivity contribution in [3.63, 3.8) is 0 Å². The zero-order valence-electron chi connectivity index (χ0n) is 21.2.